The Balaban J connectivity index is 3.00. The van der Waals surface area contributed by atoms with Crippen molar-refractivity contribution in [1.29, 1.82) is 0 Å². The van der Waals surface area contributed by atoms with Gasteiger partial charge in [-0.3, -0.25) is 4.21 Å². The van der Waals surface area contributed by atoms with Gasteiger partial charge in [0.25, 0.3) is 0 Å². The molecule has 1 aromatic carbocycles. The smallest absolute Gasteiger partial charge is 0.0476 e. The highest BCUT2D eigenvalue weighted by Crippen LogP contribution is 2.05. The molecule has 0 aliphatic carbocycles. The molecule has 1 nitrogen and oxygen atoms in total. The zero-order valence-electron chi connectivity index (χ0n) is 5.83. The van der Waals surface area contributed by atoms with E-state index in [1.54, 1.807) is 6.26 Å². The molecule has 1 atom stereocenters. The summed E-state index contributed by atoms with van der Waals surface area (Å²) in [5, 5.41) is 0. The first-order valence-electron chi connectivity index (χ1n) is 2.95. The molecule has 1 unspecified atom stereocenters. The van der Waals surface area contributed by atoms with Crippen LogP contribution in [-0.4, -0.2) is 10.5 Å². The summed E-state index contributed by atoms with van der Waals surface area (Å²) < 4.78 is 10.8. The molecule has 0 radical (unpaired) electrons. The molecular formula is C8H9OS-. The molecule has 0 saturated heterocycles. The quantitative estimate of drug-likeness (QED) is 0.560. The molecule has 10 heavy (non-hydrogen) atoms. The van der Waals surface area contributed by atoms with Crippen molar-refractivity contribution in [3.63, 3.8) is 0 Å². The zero-order chi connectivity index (χ0) is 7.56. The number of benzene rings is 1. The molecule has 0 aliphatic rings. The van der Waals surface area contributed by atoms with Gasteiger partial charge in [0.05, 0.1) is 0 Å². The fourth-order valence-corrected chi connectivity index (χ4v) is 1.20. The van der Waals surface area contributed by atoms with Crippen LogP contribution in [0.2, 0.25) is 0 Å². The summed E-state index contributed by atoms with van der Waals surface area (Å²) in [5.74, 6) is 0. The number of rotatable bonds is 1. The van der Waals surface area contributed by atoms with Gasteiger partial charge >= 0.3 is 0 Å². The third-order valence-electron chi connectivity index (χ3n) is 1.26. The molecule has 0 aliphatic heterocycles. The molecule has 0 amide bonds. The predicted molar refractivity (Wildman–Crippen MR) is 43.2 cm³/mol. The van der Waals surface area contributed by atoms with Gasteiger partial charge in [-0.15, -0.1) is 12.1 Å². The van der Waals surface area contributed by atoms with E-state index < -0.39 is 10.8 Å². The molecule has 0 aromatic heterocycles. The van der Waals surface area contributed by atoms with Gasteiger partial charge in [0.2, 0.25) is 0 Å². The summed E-state index contributed by atoms with van der Waals surface area (Å²) in [6.07, 6.45) is 1.66. The minimum atomic E-state index is -0.865. The van der Waals surface area contributed by atoms with E-state index in [0.29, 0.717) is 0 Å². The second kappa shape index (κ2) is 2.88. The summed E-state index contributed by atoms with van der Waals surface area (Å²) in [7, 11) is -0.865. The van der Waals surface area contributed by atoms with Gasteiger partial charge in [0.15, 0.2) is 0 Å². The summed E-state index contributed by atoms with van der Waals surface area (Å²) >= 11 is 0. The summed E-state index contributed by atoms with van der Waals surface area (Å²) in [5.41, 5.74) is 0.953. The lowest BCUT2D eigenvalue weighted by Crippen LogP contribution is -1.85. The van der Waals surface area contributed by atoms with E-state index in [9.17, 15) is 4.21 Å². The molecule has 0 saturated carbocycles. The maximum Gasteiger partial charge on any atom is 0.0476 e. The van der Waals surface area contributed by atoms with Crippen molar-refractivity contribution in [3.05, 3.63) is 36.8 Å². The van der Waals surface area contributed by atoms with Gasteiger partial charge in [-0.2, -0.15) is 24.6 Å². The Morgan fingerprint density at radius 1 is 1.30 bits per heavy atom. The van der Waals surface area contributed by atoms with Crippen LogP contribution in [0.25, 0.3) is 0 Å². The molecule has 1 aromatic rings. The second-order valence-electron chi connectivity index (χ2n) is 2.10. The van der Waals surface area contributed by atoms with Gasteiger partial charge in [-0.05, 0) is 0 Å². The van der Waals surface area contributed by atoms with Crippen LogP contribution >= 0.6 is 0 Å². The van der Waals surface area contributed by atoms with Crippen molar-refractivity contribution in [1.82, 2.24) is 0 Å². The van der Waals surface area contributed by atoms with Crippen LogP contribution in [0.5, 0.6) is 0 Å². The highest BCUT2D eigenvalue weighted by Gasteiger charge is 1.89. The van der Waals surface area contributed by atoms with Crippen LogP contribution in [0.3, 0.4) is 0 Å². The summed E-state index contributed by atoms with van der Waals surface area (Å²) in [4.78, 5) is 0.854. The van der Waals surface area contributed by atoms with Crippen LogP contribution in [0.4, 0.5) is 0 Å². The molecule has 0 heterocycles. The first-order valence-corrected chi connectivity index (χ1v) is 4.51. The lowest BCUT2D eigenvalue weighted by molar-refractivity contribution is 0.687. The van der Waals surface area contributed by atoms with Crippen molar-refractivity contribution < 1.29 is 4.21 Å². The molecule has 1 rings (SSSR count). The van der Waals surface area contributed by atoms with Gasteiger partial charge in [0.1, 0.15) is 0 Å². The Morgan fingerprint density at radius 3 is 2.20 bits per heavy atom. The first-order chi connectivity index (χ1) is 4.70. The fraction of sp³-hybridized carbons (Fsp3) is 0.125. The monoisotopic (exact) mass is 153 g/mol. The third-order valence-corrected chi connectivity index (χ3v) is 2.19. The first kappa shape index (κ1) is 7.35. The van der Waals surface area contributed by atoms with Gasteiger partial charge in [0, 0.05) is 22.0 Å². The maximum absolute atomic E-state index is 10.8. The van der Waals surface area contributed by atoms with E-state index in [1.807, 2.05) is 24.3 Å². The summed E-state index contributed by atoms with van der Waals surface area (Å²) in [6.45, 7) is 3.72. The lowest BCUT2D eigenvalue weighted by atomic mass is 10.2. The SMILES string of the molecule is [CH2-]c1ccc(S(C)=O)cc1. The molecule has 0 fully saturated rings. The highest BCUT2D eigenvalue weighted by atomic mass is 32.2. The van der Waals surface area contributed by atoms with E-state index in [4.69, 9.17) is 0 Å². The Morgan fingerprint density at radius 2 is 1.80 bits per heavy atom. The average Bonchev–Trinajstić information content (AvgIpc) is 1.88. The Labute approximate surface area is 63.5 Å². The predicted octanol–water partition coefficient (Wildman–Crippen LogP) is 1.61. The molecule has 2 heteroatoms. The van der Waals surface area contributed by atoms with E-state index in [2.05, 4.69) is 6.92 Å². The topological polar surface area (TPSA) is 17.1 Å². The van der Waals surface area contributed by atoms with Crippen molar-refractivity contribution in [3.8, 4) is 0 Å². The van der Waals surface area contributed by atoms with E-state index in [1.165, 1.54) is 0 Å². The largest absolute Gasteiger partial charge is 0.255 e. The highest BCUT2D eigenvalue weighted by molar-refractivity contribution is 7.84. The second-order valence-corrected chi connectivity index (χ2v) is 3.48. The Hall–Kier alpha value is -0.760. The minimum absolute atomic E-state index is 0.854. The fourth-order valence-electron chi connectivity index (χ4n) is 0.681. The standard InChI is InChI=1S/C8H9OS/c1-7-3-5-8(6-4-7)10(2)9/h3-6H,1H2,2H3/q-1. The van der Waals surface area contributed by atoms with E-state index in [-0.39, 0.29) is 0 Å². The van der Waals surface area contributed by atoms with Gasteiger partial charge < -0.3 is 0 Å². The van der Waals surface area contributed by atoms with Crippen molar-refractivity contribution in [2.24, 2.45) is 0 Å². The Kier molecular flexibility index (Phi) is 2.12. The molecule has 0 N–H and O–H groups in total. The van der Waals surface area contributed by atoms with Crippen LogP contribution in [-0.2, 0) is 10.8 Å². The van der Waals surface area contributed by atoms with Gasteiger partial charge in [-0.1, -0.05) is 0 Å². The maximum atomic E-state index is 10.8. The zero-order valence-corrected chi connectivity index (χ0v) is 6.65. The molecular weight excluding hydrogens is 144 g/mol. The van der Waals surface area contributed by atoms with E-state index in [0.717, 1.165) is 10.5 Å². The van der Waals surface area contributed by atoms with Crippen LogP contribution in [0, 0.1) is 6.92 Å². The molecule has 0 spiro atoms. The van der Waals surface area contributed by atoms with E-state index >= 15 is 0 Å². The van der Waals surface area contributed by atoms with Gasteiger partial charge in [-0.25, -0.2) is 0 Å². The minimum Gasteiger partial charge on any atom is -0.255 e. The average molecular weight is 153 g/mol. The summed E-state index contributed by atoms with van der Waals surface area (Å²) in [6, 6.07) is 7.38. The molecule has 0 bridgehead atoms. The normalized spacial score (nSPS) is 12.9. The number of hydrogen-bond acceptors (Lipinski definition) is 1. The van der Waals surface area contributed by atoms with Crippen LogP contribution in [0.15, 0.2) is 29.2 Å². The van der Waals surface area contributed by atoms with Crippen molar-refractivity contribution >= 4 is 10.8 Å². The van der Waals surface area contributed by atoms with Crippen LogP contribution in [0.1, 0.15) is 5.56 Å². The lowest BCUT2D eigenvalue weighted by Gasteiger charge is -2.01. The van der Waals surface area contributed by atoms with Crippen molar-refractivity contribution in [2.75, 3.05) is 6.26 Å². The van der Waals surface area contributed by atoms with Crippen LogP contribution < -0.4 is 0 Å². The van der Waals surface area contributed by atoms with Crippen molar-refractivity contribution in [2.45, 2.75) is 4.90 Å². The number of hydrogen-bond donors (Lipinski definition) is 0. The molecule has 54 valence electrons. The third kappa shape index (κ3) is 1.61. The Bertz CT molecular complexity index is 238.